The molecule has 3 amide bonds. The third kappa shape index (κ3) is 4.52. The van der Waals surface area contributed by atoms with Crippen LogP contribution < -0.4 is 21.3 Å². The molecule has 226 valence electrons. The van der Waals surface area contributed by atoms with Crippen LogP contribution in [-0.2, 0) is 20.8 Å². The highest BCUT2D eigenvalue weighted by Crippen LogP contribution is 2.60. The summed E-state index contributed by atoms with van der Waals surface area (Å²) in [5.74, 6) is -7.56. The van der Waals surface area contributed by atoms with Crippen LogP contribution in [0.1, 0.15) is 30.9 Å². The summed E-state index contributed by atoms with van der Waals surface area (Å²) in [4.78, 5) is 54.0. The van der Waals surface area contributed by atoms with E-state index in [-0.39, 0.29) is 36.1 Å². The average Bonchev–Trinajstić information content (AvgIpc) is 2.92. The van der Waals surface area contributed by atoms with E-state index in [1.54, 1.807) is 62.3 Å². The number of urea groups is 1. The molecule has 0 aliphatic heterocycles. The number of aliphatic hydroxyl groups excluding tert-OH is 2. The molecule has 0 radical (unpaired) electrons. The molecule has 12 nitrogen and oxygen atoms in total. The Balaban J connectivity index is 1.68. The van der Waals surface area contributed by atoms with Gasteiger partial charge in [-0.1, -0.05) is 47.7 Å². The highest BCUT2D eigenvalue weighted by Gasteiger charge is 2.66. The third-order valence-electron chi connectivity index (χ3n) is 8.53. The molecule has 0 spiro atoms. The van der Waals surface area contributed by atoms with Crippen molar-refractivity contribution in [3.8, 4) is 5.75 Å². The molecule has 2 aromatic rings. The number of halogens is 1. The van der Waals surface area contributed by atoms with E-state index < -0.39 is 67.2 Å². The van der Waals surface area contributed by atoms with Crippen LogP contribution >= 0.6 is 22.6 Å². The number of primary amides is 1. The van der Waals surface area contributed by atoms with Crippen molar-refractivity contribution >= 4 is 68.9 Å². The lowest BCUT2D eigenvalue weighted by atomic mass is 9.55. The van der Waals surface area contributed by atoms with Gasteiger partial charge in [-0.25, -0.2) is 4.79 Å². The lowest BCUT2D eigenvalue weighted by Crippen LogP contribution is -2.64. The number of para-hydroxylation sites is 1. The highest BCUT2D eigenvalue weighted by molar-refractivity contribution is 14.1. The van der Waals surface area contributed by atoms with Gasteiger partial charge in [0.15, 0.2) is 17.1 Å². The zero-order chi connectivity index (χ0) is 31.6. The minimum absolute atomic E-state index is 0.0257. The number of benzene rings is 2. The number of ketones is 2. The van der Waals surface area contributed by atoms with E-state index in [1.165, 1.54) is 0 Å². The highest BCUT2D eigenvalue weighted by atomic mass is 127. The van der Waals surface area contributed by atoms with Gasteiger partial charge in [0, 0.05) is 37.3 Å². The Hall–Kier alpha value is -4.11. The predicted molar refractivity (Wildman–Crippen MR) is 167 cm³/mol. The maximum atomic E-state index is 14.2. The fraction of sp³-hybridized carbons (Fsp3) is 0.333. The third-order valence-corrected chi connectivity index (χ3v) is 9.89. The second-order valence-corrected chi connectivity index (χ2v) is 13.3. The van der Waals surface area contributed by atoms with Crippen molar-refractivity contribution in [3.63, 3.8) is 0 Å². The quantitative estimate of drug-likeness (QED) is 0.106. The van der Waals surface area contributed by atoms with Crippen LogP contribution in [0.3, 0.4) is 0 Å². The number of carbonyl (C=O) groups excluding carboxylic acids is 4. The Bertz CT molecular complexity index is 1650. The lowest BCUT2D eigenvalue weighted by Gasteiger charge is -2.52. The van der Waals surface area contributed by atoms with Gasteiger partial charge in [0.25, 0.3) is 5.91 Å². The molecule has 43 heavy (non-hydrogen) atoms. The molecule has 2 aromatic carbocycles. The summed E-state index contributed by atoms with van der Waals surface area (Å²) in [6.45, 7) is 1.66. The number of hydrogen-bond donors (Lipinski definition) is 7. The van der Waals surface area contributed by atoms with Crippen LogP contribution in [0.4, 0.5) is 21.9 Å². The minimum atomic E-state index is -2.71. The summed E-state index contributed by atoms with van der Waals surface area (Å²) in [6.07, 6.45) is 0.222. The molecule has 8 N–H and O–H groups in total. The van der Waals surface area contributed by atoms with Crippen LogP contribution in [0.25, 0.3) is 5.76 Å². The first-order chi connectivity index (χ1) is 20.2. The van der Waals surface area contributed by atoms with Gasteiger partial charge in [-0.3, -0.25) is 14.4 Å². The topological polar surface area (TPSA) is 203 Å². The predicted octanol–water partition coefficient (Wildman–Crippen LogP) is 3.33. The number of nitrogens with one attached hydrogen (secondary N) is 2. The number of amides is 3. The van der Waals surface area contributed by atoms with Crippen molar-refractivity contribution in [2.45, 2.75) is 35.2 Å². The zero-order valence-corrected chi connectivity index (χ0v) is 25.7. The van der Waals surface area contributed by atoms with E-state index in [9.17, 15) is 39.6 Å². The monoisotopic (exact) mass is 702 g/mol. The number of phenols is 1. The maximum Gasteiger partial charge on any atom is 0.323 e. The Labute approximate surface area is 260 Å². The van der Waals surface area contributed by atoms with Gasteiger partial charge in [0.1, 0.15) is 17.1 Å². The van der Waals surface area contributed by atoms with Crippen molar-refractivity contribution in [1.82, 2.24) is 0 Å². The fourth-order valence-corrected chi connectivity index (χ4v) is 7.93. The van der Waals surface area contributed by atoms with Gasteiger partial charge >= 0.3 is 6.03 Å². The average molecular weight is 703 g/mol. The van der Waals surface area contributed by atoms with E-state index in [0.29, 0.717) is 16.9 Å². The Morgan fingerprint density at radius 3 is 2.35 bits per heavy atom. The lowest BCUT2D eigenvalue weighted by molar-refractivity contribution is -0.152. The number of nitrogens with zero attached hydrogens (tertiary/aromatic N) is 1. The second-order valence-electron chi connectivity index (χ2n) is 11.2. The van der Waals surface area contributed by atoms with Crippen molar-refractivity contribution in [2.24, 2.45) is 17.6 Å². The first kappa shape index (κ1) is 30.4. The number of nitrogens with two attached hydrogens (primary N) is 1. The number of hydrogen-bond acceptors (Lipinski definition) is 9. The van der Waals surface area contributed by atoms with Crippen molar-refractivity contribution < 1.29 is 39.6 Å². The number of phenolic OH excluding ortho intramolecular Hbond substituents is 1. The normalized spacial score (nSPS) is 26.3. The van der Waals surface area contributed by atoms with Crippen LogP contribution in [0.5, 0.6) is 5.75 Å². The fourth-order valence-electron chi connectivity index (χ4n) is 6.58. The maximum absolute atomic E-state index is 14.2. The van der Waals surface area contributed by atoms with E-state index in [0.717, 1.165) is 0 Å². The number of carbonyl (C=O) groups is 4. The van der Waals surface area contributed by atoms with E-state index in [4.69, 9.17) is 5.73 Å². The van der Waals surface area contributed by atoms with Gasteiger partial charge < -0.3 is 41.7 Å². The molecule has 0 saturated heterocycles. The molecule has 13 heteroatoms. The largest absolute Gasteiger partial charge is 0.508 e. The minimum Gasteiger partial charge on any atom is -0.508 e. The Morgan fingerprint density at radius 2 is 1.77 bits per heavy atom. The van der Waals surface area contributed by atoms with Crippen LogP contribution in [0.2, 0.25) is 0 Å². The molecular weight excluding hydrogens is 671 g/mol. The Morgan fingerprint density at radius 1 is 1.12 bits per heavy atom. The number of Topliss-reactive ketones (excluding diaryl/α,β-unsaturated/α-hetero) is 2. The first-order valence-corrected chi connectivity index (χ1v) is 14.6. The summed E-state index contributed by atoms with van der Waals surface area (Å²) in [6, 6.07) is 9.49. The number of alkyl halides is 1. The van der Waals surface area contributed by atoms with Crippen molar-refractivity contribution in [2.75, 3.05) is 29.6 Å². The van der Waals surface area contributed by atoms with Crippen molar-refractivity contribution in [1.29, 1.82) is 0 Å². The molecule has 3 aliphatic carbocycles. The molecule has 0 aromatic heterocycles. The molecule has 0 bridgehead atoms. The summed E-state index contributed by atoms with van der Waals surface area (Å²) < 4.78 is -1.17. The van der Waals surface area contributed by atoms with Gasteiger partial charge in [-0.05, 0) is 43.0 Å². The summed E-state index contributed by atoms with van der Waals surface area (Å²) in [7, 11) is 3.48. The van der Waals surface area contributed by atoms with E-state index in [2.05, 4.69) is 10.6 Å². The van der Waals surface area contributed by atoms with Crippen LogP contribution in [-0.4, -0.2) is 67.0 Å². The van der Waals surface area contributed by atoms with E-state index >= 15 is 0 Å². The van der Waals surface area contributed by atoms with Crippen molar-refractivity contribution in [3.05, 3.63) is 64.4 Å². The number of rotatable bonds is 5. The molecule has 5 rings (SSSR count). The second kappa shape index (κ2) is 10.6. The zero-order valence-electron chi connectivity index (χ0n) is 23.6. The first-order valence-electron chi connectivity index (χ1n) is 13.5. The van der Waals surface area contributed by atoms with Crippen LogP contribution in [0.15, 0.2) is 53.3 Å². The summed E-state index contributed by atoms with van der Waals surface area (Å²) in [5.41, 5.74) is 2.85. The standard InChI is InChI=1S/C30H31IN4O8/c1-4-14-16-12-29(31)11-15-18(35(2)3)10-17(34-28(42)33-13-8-6-5-7-9-13)23(37)19(15)24(38)21(29)26(40)30(16,43)25(39)20(22(14)36)27(32)41/h5-10,14,16,37-39,43H,4,11-12H2,1-3H3,(H2,32,41)(H2,33,34,42)/t14-,16-,29+,30+/m0/s1. The van der Waals surface area contributed by atoms with E-state index in [1.807, 2.05) is 22.6 Å². The smallest absolute Gasteiger partial charge is 0.323 e. The number of fused-ring (bicyclic) bond motifs is 3. The number of aromatic hydroxyl groups is 1. The molecule has 4 atom stereocenters. The van der Waals surface area contributed by atoms with Gasteiger partial charge in [-0.15, -0.1) is 0 Å². The molecule has 1 fully saturated rings. The molecule has 0 unspecified atom stereocenters. The van der Waals surface area contributed by atoms with Gasteiger partial charge in [0.2, 0.25) is 5.78 Å². The van der Waals surface area contributed by atoms with Gasteiger partial charge in [0.05, 0.1) is 20.2 Å². The molecule has 1 saturated carbocycles. The Kier molecular flexibility index (Phi) is 7.45. The molecule has 3 aliphatic rings. The molecule has 0 heterocycles. The van der Waals surface area contributed by atoms with Gasteiger partial charge in [-0.2, -0.15) is 0 Å². The SMILES string of the molecule is CC[C@@H]1C(=O)C(C(N)=O)=C(O)[C@@]2(O)C(=O)C3=C(O)c4c(O)c(NC(=O)Nc5ccccc5)cc(N(C)C)c4C[C@@]3(I)C[C@@H]12. The summed E-state index contributed by atoms with van der Waals surface area (Å²) in [5, 5.41) is 51.1. The number of anilines is 3. The molecular formula is C30H31IN4O8. The summed E-state index contributed by atoms with van der Waals surface area (Å²) >= 11 is 2.01. The number of aliphatic hydroxyl groups is 3. The van der Waals surface area contributed by atoms with Crippen LogP contribution in [0, 0.1) is 11.8 Å².